The van der Waals surface area contributed by atoms with Gasteiger partial charge in [-0.15, -0.1) is 0 Å². The Labute approximate surface area is 197 Å². The molecule has 4 rings (SSSR count). The van der Waals surface area contributed by atoms with Gasteiger partial charge in [-0.3, -0.25) is 4.79 Å². The number of hydrogen-bond donors (Lipinski definition) is 0. The molecule has 0 bridgehead atoms. The molecule has 0 saturated carbocycles. The fourth-order valence-electron chi connectivity index (χ4n) is 4.33. The summed E-state index contributed by atoms with van der Waals surface area (Å²) in [7, 11) is 0. The lowest BCUT2D eigenvalue weighted by Gasteiger charge is -2.42. The maximum Gasteiger partial charge on any atom is 0.416 e. The van der Waals surface area contributed by atoms with Crippen molar-refractivity contribution < 1.29 is 18.0 Å². The van der Waals surface area contributed by atoms with E-state index in [2.05, 4.69) is 28.7 Å². The van der Waals surface area contributed by atoms with Gasteiger partial charge >= 0.3 is 6.18 Å². The summed E-state index contributed by atoms with van der Waals surface area (Å²) >= 11 is 0. The fraction of sp³-hybridized carbons (Fsp3) is 0.346. The number of amides is 1. The smallest absolute Gasteiger partial charge is 0.337 e. The average Bonchev–Trinajstić information content (AvgIpc) is 2.83. The van der Waals surface area contributed by atoms with Crippen LogP contribution in [0.15, 0.2) is 67.0 Å². The lowest BCUT2D eigenvalue weighted by molar-refractivity contribution is -0.137. The quantitative estimate of drug-likeness (QED) is 0.493. The van der Waals surface area contributed by atoms with E-state index in [0.717, 1.165) is 24.1 Å². The molecule has 34 heavy (non-hydrogen) atoms. The molecule has 0 unspecified atom stereocenters. The van der Waals surface area contributed by atoms with Crippen LogP contribution in [0, 0.1) is 5.92 Å². The largest absolute Gasteiger partial charge is 0.416 e. The molecule has 1 amide bonds. The molecule has 0 N–H and O–H groups in total. The first-order valence-corrected chi connectivity index (χ1v) is 11.3. The number of carbonyl (C=O) groups excluding carboxylic acids is 1. The monoisotopic (exact) mass is 468 g/mol. The number of halogens is 3. The minimum absolute atomic E-state index is 0.0274. The van der Waals surface area contributed by atoms with Crippen LogP contribution in [0.1, 0.15) is 36.2 Å². The van der Waals surface area contributed by atoms with E-state index >= 15 is 0 Å². The molecule has 0 aliphatic carbocycles. The summed E-state index contributed by atoms with van der Waals surface area (Å²) in [5, 5.41) is 0. The highest BCUT2D eigenvalue weighted by atomic mass is 19.4. The molecule has 8 heteroatoms. The zero-order valence-corrected chi connectivity index (χ0v) is 19.2. The van der Waals surface area contributed by atoms with E-state index in [-0.39, 0.29) is 11.9 Å². The Kier molecular flexibility index (Phi) is 6.86. The predicted molar refractivity (Wildman–Crippen MR) is 125 cm³/mol. The van der Waals surface area contributed by atoms with Gasteiger partial charge in [0.2, 0.25) is 5.95 Å². The van der Waals surface area contributed by atoms with Crippen LogP contribution in [-0.4, -0.2) is 46.5 Å². The summed E-state index contributed by atoms with van der Waals surface area (Å²) in [4.78, 5) is 26.1. The van der Waals surface area contributed by atoms with Crippen molar-refractivity contribution in [2.75, 3.05) is 24.5 Å². The standard InChI is InChI=1S/C26H27F3N4O/c1-18(2)16-23-17-32(25-30-12-3-13-31-25)14-15-33(23)24(34)21-6-4-19(5-7-21)20-8-10-22(11-9-20)26(27,28)29/h3-13,18,23H,14-17H2,1-2H3/t23-/m0/s1. The normalized spacial score (nSPS) is 16.7. The van der Waals surface area contributed by atoms with Crippen LogP contribution in [-0.2, 0) is 6.18 Å². The predicted octanol–water partition coefficient (Wildman–Crippen LogP) is 5.54. The molecule has 3 aromatic rings. The highest BCUT2D eigenvalue weighted by Crippen LogP contribution is 2.31. The number of aromatic nitrogens is 2. The molecule has 2 heterocycles. The number of piperazine rings is 1. The van der Waals surface area contributed by atoms with Crippen LogP contribution in [0.25, 0.3) is 11.1 Å². The van der Waals surface area contributed by atoms with Gasteiger partial charge in [-0.2, -0.15) is 13.2 Å². The molecule has 2 aromatic carbocycles. The fourth-order valence-corrected chi connectivity index (χ4v) is 4.33. The first kappa shape index (κ1) is 23.7. The van der Waals surface area contributed by atoms with Gasteiger partial charge in [0.1, 0.15) is 0 Å². The zero-order chi connectivity index (χ0) is 24.3. The van der Waals surface area contributed by atoms with E-state index in [9.17, 15) is 18.0 Å². The molecule has 1 saturated heterocycles. The summed E-state index contributed by atoms with van der Waals surface area (Å²) in [6.07, 6.45) is -0.0677. The molecule has 178 valence electrons. The molecule has 1 atom stereocenters. The van der Waals surface area contributed by atoms with Crippen molar-refractivity contribution in [3.8, 4) is 11.1 Å². The SMILES string of the molecule is CC(C)C[C@H]1CN(c2ncccn2)CCN1C(=O)c1ccc(-c2ccc(C(F)(F)F)cc2)cc1. The topological polar surface area (TPSA) is 49.3 Å². The average molecular weight is 469 g/mol. The van der Waals surface area contributed by atoms with Gasteiger partial charge in [-0.25, -0.2) is 9.97 Å². The van der Waals surface area contributed by atoms with Crippen LogP contribution in [0.2, 0.25) is 0 Å². The molecule has 0 radical (unpaired) electrons. The molecule has 1 fully saturated rings. The van der Waals surface area contributed by atoms with E-state index in [1.165, 1.54) is 12.1 Å². The lowest BCUT2D eigenvalue weighted by Crippen LogP contribution is -2.56. The molecule has 0 spiro atoms. The molecule has 1 aromatic heterocycles. The number of alkyl halides is 3. The molecular formula is C26H27F3N4O. The van der Waals surface area contributed by atoms with Gasteiger partial charge in [0.25, 0.3) is 5.91 Å². The van der Waals surface area contributed by atoms with Crippen molar-refractivity contribution in [3.05, 3.63) is 78.1 Å². The third kappa shape index (κ3) is 5.38. The number of nitrogens with zero attached hydrogens (tertiary/aromatic N) is 4. The Morgan fingerprint density at radius 1 is 0.971 bits per heavy atom. The minimum Gasteiger partial charge on any atom is -0.337 e. The van der Waals surface area contributed by atoms with E-state index in [1.54, 1.807) is 42.7 Å². The Morgan fingerprint density at radius 2 is 1.56 bits per heavy atom. The second-order valence-electron chi connectivity index (χ2n) is 8.93. The van der Waals surface area contributed by atoms with Gasteiger partial charge in [-0.1, -0.05) is 38.1 Å². The van der Waals surface area contributed by atoms with Crippen molar-refractivity contribution in [2.24, 2.45) is 5.92 Å². The van der Waals surface area contributed by atoms with E-state index in [4.69, 9.17) is 0 Å². The molecular weight excluding hydrogens is 441 g/mol. The maximum absolute atomic E-state index is 13.4. The first-order chi connectivity index (χ1) is 16.2. The van der Waals surface area contributed by atoms with Crippen LogP contribution in [0.4, 0.5) is 19.1 Å². The number of benzene rings is 2. The van der Waals surface area contributed by atoms with E-state index in [1.807, 2.05) is 4.90 Å². The van der Waals surface area contributed by atoms with Crippen LogP contribution < -0.4 is 4.90 Å². The van der Waals surface area contributed by atoms with Gasteiger partial charge < -0.3 is 9.80 Å². The number of hydrogen-bond acceptors (Lipinski definition) is 4. The Bertz CT molecular complexity index is 1100. The molecule has 5 nitrogen and oxygen atoms in total. The second-order valence-corrected chi connectivity index (χ2v) is 8.93. The highest BCUT2D eigenvalue weighted by Gasteiger charge is 2.32. The van der Waals surface area contributed by atoms with Gasteiger partial charge in [-0.05, 0) is 53.8 Å². The molecule has 1 aliphatic heterocycles. The number of rotatable bonds is 5. The Balaban J connectivity index is 1.49. The zero-order valence-electron chi connectivity index (χ0n) is 19.2. The number of carbonyl (C=O) groups is 1. The van der Waals surface area contributed by atoms with Crippen molar-refractivity contribution in [2.45, 2.75) is 32.5 Å². The number of anilines is 1. The van der Waals surface area contributed by atoms with Gasteiger partial charge in [0.05, 0.1) is 5.56 Å². The second kappa shape index (κ2) is 9.83. The summed E-state index contributed by atoms with van der Waals surface area (Å²) in [6.45, 7) is 6.15. The van der Waals surface area contributed by atoms with Crippen LogP contribution in [0.3, 0.4) is 0 Å². The van der Waals surface area contributed by atoms with Gasteiger partial charge in [0, 0.05) is 43.6 Å². The van der Waals surface area contributed by atoms with Crippen LogP contribution >= 0.6 is 0 Å². The van der Waals surface area contributed by atoms with Crippen molar-refractivity contribution in [1.29, 1.82) is 0 Å². The van der Waals surface area contributed by atoms with Crippen molar-refractivity contribution in [1.82, 2.24) is 14.9 Å². The van der Waals surface area contributed by atoms with Crippen molar-refractivity contribution >= 4 is 11.9 Å². The lowest BCUT2D eigenvalue weighted by atomic mass is 9.98. The highest BCUT2D eigenvalue weighted by molar-refractivity contribution is 5.95. The minimum atomic E-state index is -4.36. The third-order valence-corrected chi connectivity index (χ3v) is 6.00. The van der Waals surface area contributed by atoms with Crippen molar-refractivity contribution in [3.63, 3.8) is 0 Å². The third-order valence-electron chi connectivity index (χ3n) is 6.00. The summed E-state index contributed by atoms with van der Waals surface area (Å²) < 4.78 is 38.5. The van der Waals surface area contributed by atoms with E-state index < -0.39 is 11.7 Å². The Morgan fingerprint density at radius 3 is 2.12 bits per heavy atom. The molecule has 1 aliphatic rings. The van der Waals surface area contributed by atoms with Gasteiger partial charge in [0.15, 0.2) is 0 Å². The van der Waals surface area contributed by atoms with Crippen LogP contribution in [0.5, 0.6) is 0 Å². The Hall–Kier alpha value is -3.42. The van der Waals surface area contributed by atoms with E-state index in [0.29, 0.717) is 42.6 Å². The summed E-state index contributed by atoms with van der Waals surface area (Å²) in [5.41, 5.74) is 1.31. The maximum atomic E-state index is 13.4. The first-order valence-electron chi connectivity index (χ1n) is 11.3. The summed E-state index contributed by atoms with van der Waals surface area (Å²) in [5.74, 6) is 1.04. The summed E-state index contributed by atoms with van der Waals surface area (Å²) in [6, 6.07) is 13.9.